The zero-order chi connectivity index (χ0) is 14.7. The summed E-state index contributed by atoms with van der Waals surface area (Å²) in [4.78, 5) is 30.0. The topological polar surface area (TPSA) is 174 Å². The second-order valence-electron chi connectivity index (χ2n) is 3.70. The molecular weight excluding hydrogens is 262 g/mol. The van der Waals surface area contributed by atoms with Crippen LogP contribution < -0.4 is 10.8 Å². The minimum atomic E-state index is -1.52. The van der Waals surface area contributed by atoms with Gasteiger partial charge in [0.1, 0.15) is 6.04 Å². The number of nitro groups is 2. The van der Waals surface area contributed by atoms with Gasteiger partial charge in [-0.1, -0.05) is 0 Å². The van der Waals surface area contributed by atoms with E-state index in [1.807, 2.05) is 0 Å². The van der Waals surface area contributed by atoms with Gasteiger partial charge in [0.15, 0.2) is 5.75 Å². The Labute approximate surface area is 105 Å². The molecule has 102 valence electrons. The van der Waals surface area contributed by atoms with Crippen molar-refractivity contribution in [1.82, 2.24) is 0 Å². The maximum Gasteiger partial charge on any atom is 0.317 e. The molecule has 0 saturated carbocycles. The van der Waals surface area contributed by atoms with Crippen molar-refractivity contribution in [3.63, 3.8) is 0 Å². The van der Waals surface area contributed by atoms with E-state index in [1.54, 1.807) is 0 Å². The summed E-state index contributed by atoms with van der Waals surface area (Å²) >= 11 is 0. The molecule has 0 fully saturated rings. The van der Waals surface area contributed by atoms with Gasteiger partial charge >= 0.3 is 5.69 Å². The van der Waals surface area contributed by atoms with Gasteiger partial charge in [0.05, 0.1) is 21.9 Å². The fraction of sp³-hybridized carbons (Fsp3) is 0.222. The van der Waals surface area contributed by atoms with E-state index in [4.69, 9.17) is 0 Å². The van der Waals surface area contributed by atoms with Crippen molar-refractivity contribution in [3.05, 3.63) is 37.9 Å². The maximum atomic E-state index is 10.8. The number of aromatic hydroxyl groups is 1. The second kappa shape index (κ2) is 5.27. The van der Waals surface area contributed by atoms with Crippen molar-refractivity contribution >= 4 is 17.3 Å². The quantitative estimate of drug-likeness (QED) is 0.464. The van der Waals surface area contributed by atoms with Gasteiger partial charge in [0.25, 0.3) is 5.69 Å². The third-order valence-electron chi connectivity index (χ3n) is 2.37. The highest BCUT2D eigenvalue weighted by Crippen LogP contribution is 2.33. The number of rotatable bonds is 5. The number of hydrogen-bond donors (Lipinski definition) is 2. The van der Waals surface area contributed by atoms with E-state index in [-0.39, 0.29) is 12.0 Å². The van der Waals surface area contributed by atoms with Crippen LogP contribution in [0.25, 0.3) is 0 Å². The molecule has 1 unspecified atom stereocenters. The molecule has 0 aromatic heterocycles. The van der Waals surface area contributed by atoms with Gasteiger partial charge in [-0.15, -0.1) is 0 Å². The molecular formula is C9H9N3O7. The van der Waals surface area contributed by atoms with Crippen molar-refractivity contribution in [3.8, 4) is 5.75 Å². The average Bonchev–Trinajstić information content (AvgIpc) is 2.27. The molecule has 4 N–H and O–H groups in total. The van der Waals surface area contributed by atoms with Gasteiger partial charge in [-0.2, -0.15) is 0 Å². The number of carboxylic acid groups (broad SMARTS) is 1. The first-order valence-corrected chi connectivity index (χ1v) is 4.92. The Morgan fingerprint density at radius 1 is 1.26 bits per heavy atom. The molecule has 0 aliphatic carbocycles. The van der Waals surface area contributed by atoms with E-state index < -0.39 is 39.0 Å². The van der Waals surface area contributed by atoms with Crippen molar-refractivity contribution in [2.45, 2.75) is 12.5 Å². The molecule has 10 nitrogen and oxygen atoms in total. The van der Waals surface area contributed by atoms with E-state index in [2.05, 4.69) is 5.73 Å². The summed E-state index contributed by atoms with van der Waals surface area (Å²) in [6, 6.07) is 0.0869. The first-order chi connectivity index (χ1) is 8.73. The molecule has 0 spiro atoms. The van der Waals surface area contributed by atoms with E-state index in [0.29, 0.717) is 6.07 Å². The lowest BCUT2D eigenvalue weighted by Crippen LogP contribution is -2.69. The van der Waals surface area contributed by atoms with Crippen LogP contribution in [0.1, 0.15) is 5.56 Å². The van der Waals surface area contributed by atoms with E-state index in [9.17, 15) is 35.2 Å². The Bertz CT molecular complexity index is 557. The number of phenols is 1. The number of benzene rings is 1. The molecule has 0 saturated heterocycles. The Balaban J connectivity index is 3.31. The van der Waals surface area contributed by atoms with Crippen LogP contribution in [0.5, 0.6) is 5.75 Å². The molecule has 0 bridgehead atoms. The van der Waals surface area contributed by atoms with Crippen molar-refractivity contribution in [1.29, 1.82) is 0 Å². The second-order valence-corrected chi connectivity index (χ2v) is 3.70. The fourth-order valence-corrected chi connectivity index (χ4v) is 1.44. The molecule has 10 heteroatoms. The first kappa shape index (κ1) is 14.3. The van der Waals surface area contributed by atoms with Gasteiger partial charge in [0.2, 0.25) is 0 Å². The molecule has 1 aromatic rings. The molecule has 0 amide bonds. The molecule has 19 heavy (non-hydrogen) atoms. The SMILES string of the molecule is [NH3+]C(Cc1cc(O)c([N+](=O)[O-])cc1[N+](=O)[O-])C(=O)[O-]. The maximum absolute atomic E-state index is 10.8. The number of hydrogen-bond acceptors (Lipinski definition) is 7. The summed E-state index contributed by atoms with van der Waals surface area (Å²) in [5.74, 6) is -2.30. The largest absolute Gasteiger partial charge is 0.544 e. The lowest BCUT2D eigenvalue weighted by Gasteiger charge is -2.10. The summed E-state index contributed by atoms with van der Waals surface area (Å²) in [6.45, 7) is 0. The number of nitro benzene ring substituents is 2. The van der Waals surface area contributed by atoms with Crippen LogP contribution in [0.3, 0.4) is 0 Å². The van der Waals surface area contributed by atoms with Gasteiger partial charge in [-0.05, 0) is 6.07 Å². The van der Waals surface area contributed by atoms with Crippen LogP contribution in [0.15, 0.2) is 12.1 Å². The van der Waals surface area contributed by atoms with Crippen LogP contribution in [0, 0.1) is 20.2 Å². The standard InChI is InChI=1S/C9H9N3O7/c10-5(9(14)15)1-4-2-8(13)7(12(18)19)3-6(4)11(16)17/h2-3,5,13H,1,10H2,(H,14,15). The highest BCUT2D eigenvalue weighted by Gasteiger charge is 2.26. The monoisotopic (exact) mass is 271 g/mol. The Morgan fingerprint density at radius 2 is 1.79 bits per heavy atom. The summed E-state index contributed by atoms with van der Waals surface area (Å²) in [7, 11) is 0. The minimum Gasteiger partial charge on any atom is -0.544 e. The van der Waals surface area contributed by atoms with Gasteiger partial charge in [-0.25, -0.2) is 0 Å². The number of aliphatic carboxylic acids is 1. The zero-order valence-corrected chi connectivity index (χ0v) is 9.44. The minimum absolute atomic E-state index is 0.169. The van der Waals surface area contributed by atoms with Crippen LogP contribution in [0.4, 0.5) is 11.4 Å². The predicted molar refractivity (Wildman–Crippen MR) is 56.8 cm³/mol. The van der Waals surface area contributed by atoms with Gasteiger partial charge < -0.3 is 20.7 Å². The molecule has 1 rings (SSSR count). The number of quaternary nitrogens is 1. The summed E-state index contributed by atoms with van der Waals surface area (Å²) in [5, 5.41) is 41.2. The number of carbonyl (C=O) groups is 1. The van der Waals surface area contributed by atoms with Gasteiger partial charge in [-0.3, -0.25) is 20.2 Å². The molecule has 0 aliphatic rings. The van der Waals surface area contributed by atoms with Crippen LogP contribution >= 0.6 is 0 Å². The van der Waals surface area contributed by atoms with E-state index >= 15 is 0 Å². The number of carboxylic acids is 1. The Morgan fingerprint density at radius 3 is 2.21 bits per heavy atom. The molecule has 1 atom stereocenters. The summed E-state index contributed by atoms with van der Waals surface area (Å²) in [5.41, 5.74) is 1.57. The zero-order valence-electron chi connectivity index (χ0n) is 9.44. The normalized spacial score (nSPS) is 11.8. The molecule has 0 aliphatic heterocycles. The Kier molecular flexibility index (Phi) is 3.97. The smallest absolute Gasteiger partial charge is 0.317 e. The number of carbonyl (C=O) groups excluding carboxylic acids is 1. The fourth-order valence-electron chi connectivity index (χ4n) is 1.44. The molecule has 0 radical (unpaired) electrons. The van der Waals surface area contributed by atoms with Crippen molar-refractivity contribution in [2.24, 2.45) is 0 Å². The number of nitrogens with zero attached hydrogens (tertiary/aromatic N) is 2. The highest BCUT2D eigenvalue weighted by atomic mass is 16.6. The van der Waals surface area contributed by atoms with Gasteiger partial charge in [0, 0.05) is 12.0 Å². The molecule has 0 heterocycles. The third kappa shape index (κ3) is 3.13. The first-order valence-electron chi connectivity index (χ1n) is 4.92. The van der Waals surface area contributed by atoms with E-state index in [0.717, 1.165) is 6.07 Å². The van der Waals surface area contributed by atoms with E-state index in [1.165, 1.54) is 0 Å². The predicted octanol–water partition coefficient (Wildman–Crippen LogP) is -1.89. The third-order valence-corrected chi connectivity index (χ3v) is 2.37. The highest BCUT2D eigenvalue weighted by molar-refractivity contribution is 5.70. The number of phenolic OH excluding ortho intramolecular Hbond substituents is 1. The lowest BCUT2D eigenvalue weighted by atomic mass is 10.0. The lowest BCUT2D eigenvalue weighted by molar-refractivity contribution is -0.437. The summed E-state index contributed by atoms with van der Waals surface area (Å²) in [6.07, 6.45) is -0.385. The average molecular weight is 271 g/mol. The summed E-state index contributed by atoms with van der Waals surface area (Å²) < 4.78 is 0. The van der Waals surface area contributed by atoms with Crippen LogP contribution in [-0.4, -0.2) is 27.0 Å². The van der Waals surface area contributed by atoms with Crippen molar-refractivity contribution < 1.29 is 30.6 Å². The molecule has 1 aromatic carbocycles. The Hall–Kier alpha value is -2.75. The van der Waals surface area contributed by atoms with Crippen LogP contribution in [0.2, 0.25) is 0 Å². The van der Waals surface area contributed by atoms with Crippen LogP contribution in [-0.2, 0) is 11.2 Å². The van der Waals surface area contributed by atoms with Crippen molar-refractivity contribution in [2.75, 3.05) is 0 Å².